The van der Waals surface area contributed by atoms with Gasteiger partial charge in [0, 0.05) is 6.42 Å². The maximum Gasteiger partial charge on any atom is 0.106 e. The number of hydrogen-bond acceptors (Lipinski definition) is 2. The zero-order valence-electron chi connectivity index (χ0n) is 5.96. The molecule has 0 spiro atoms. The summed E-state index contributed by atoms with van der Waals surface area (Å²) < 4.78 is 0. The van der Waals surface area contributed by atoms with E-state index >= 15 is 0 Å². The Balaban J connectivity index is 2.39. The lowest BCUT2D eigenvalue weighted by Gasteiger charge is -2.09. The van der Waals surface area contributed by atoms with Crippen molar-refractivity contribution in [1.82, 2.24) is 0 Å². The fraction of sp³-hybridized carbons (Fsp3) is 0.500. The maximum atomic E-state index is 8.82. The molecule has 0 bridgehead atoms. The number of aliphatic hydroxyl groups excluding tert-OH is 1. The molecule has 1 unspecified atom stereocenters. The minimum atomic E-state index is -0.683. The highest BCUT2D eigenvalue weighted by Gasteiger charge is 2.02. The van der Waals surface area contributed by atoms with Gasteiger partial charge in [0.05, 0.1) is 0 Å². The van der Waals surface area contributed by atoms with E-state index in [1.165, 1.54) is 5.57 Å². The summed E-state index contributed by atoms with van der Waals surface area (Å²) in [6, 6.07) is 0. The Morgan fingerprint density at radius 2 is 2.50 bits per heavy atom. The topological polar surface area (TPSA) is 46.2 Å². The molecule has 10 heavy (non-hydrogen) atoms. The van der Waals surface area contributed by atoms with Crippen molar-refractivity contribution >= 4 is 0 Å². The predicted octanol–water partition coefficient (Wildman–Crippen LogP) is 0.930. The molecule has 0 aromatic carbocycles. The Bertz CT molecular complexity index is 159. The van der Waals surface area contributed by atoms with Crippen LogP contribution < -0.4 is 5.73 Å². The maximum absolute atomic E-state index is 8.82. The van der Waals surface area contributed by atoms with Crippen molar-refractivity contribution in [2.75, 3.05) is 0 Å². The van der Waals surface area contributed by atoms with Crippen LogP contribution in [0.2, 0.25) is 0 Å². The van der Waals surface area contributed by atoms with Gasteiger partial charge in [-0.3, -0.25) is 0 Å². The van der Waals surface area contributed by atoms with Gasteiger partial charge in [-0.2, -0.15) is 0 Å². The van der Waals surface area contributed by atoms with E-state index in [9.17, 15) is 0 Å². The second-order valence-electron chi connectivity index (χ2n) is 2.56. The largest absolute Gasteiger partial charge is 0.379 e. The van der Waals surface area contributed by atoms with Crippen LogP contribution in [0, 0.1) is 0 Å². The van der Waals surface area contributed by atoms with E-state index in [4.69, 9.17) is 10.8 Å². The van der Waals surface area contributed by atoms with E-state index < -0.39 is 6.23 Å². The number of allylic oxidation sites excluding steroid dienone is 3. The predicted molar refractivity (Wildman–Crippen MR) is 41.3 cm³/mol. The minimum Gasteiger partial charge on any atom is -0.379 e. The van der Waals surface area contributed by atoms with Gasteiger partial charge in [-0.1, -0.05) is 23.8 Å². The van der Waals surface area contributed by atoms with Gasteiger partial charge in [0.15, 0.2) is 0 Å². The van der Waals surface area contributed by atoms with Crippen molar-refractivity contribution < 1.29 is 5.11 Å². The summed E-state index contributed by atoms with van der Waals surface area (Å²) in [4.78, 5) is 0. The molecule has 1 rings (SSSR count). The molecule has 0 saturated carbocycles. The Labute approximate surface area is 61.0 Å². The van der Waals surface area contributed by atoms with Gasteiger partial charge in [-0.25, -0.2) is 0 Å². The van der Waals surface area contributed by atoms with Crippen LogP contribution in [-0.2, 0) is 0 Å². The summed E-state index contributed by atoms with van der Waals surface area (Å²) in [5, 5.41) is 8.82. The molecule has 0 saturated heterocycles. The normalized spacial score (nSPS) is 20.4. The molecule has 0 amide bonds. The van der Waals surface area contributed by atoms with Crippen LogP contribution in [0.25, 0.3) is 0 Å². The van der Waals surface area contributed by atoms with E-state index in [-0.39, 0.29) is 0 Å². The van der Waals surface area contributed by atoms with Crippen LogP contribution in [0.5, 0.6) is 0 Å². The molecule has 0 fully saturated rings. The smallest absolute Gasteiger partial charge is 0.106 e. The summed E-state index contributed by atoms with van der Waals surface area (Å²) in [6.45, 7) is 0. The lowest BCUT2D eigenvalue weighted by atomic mass is 10.0. The Kier molecular flexibility index (Phi) is 2.66. The molecule has 0 aliphatic heterocycles. The van der Waals surface area contributed by atoms with Crippen molar-refractivity contribution in [3.05, 3.63) is 23.8 Å². The average Bonchev–Trinajstić information content (AvgIpc) is 1.88. The number of hydrogen-bond donors (Lipinski definition) is 2. The Morgan fingerprint density at radius 1 is 1.70 bits per heavy atom. The molecule has 56 valence electrons. The molecule has 0 aromatic heterocycles. The van der Waals surface area contributed by atoms with E-state index in [1.807, 2.05) is 12.2 Å². The van der Waals surface area contributed by atoms with Gasteiger partial charge in [0.1, 0.15) is 6.23 Å². The van der Waals surface area contributed by atoms with Crippen LogP contribution in [0.3, 0.4) is 0 Å². The van der Waals surface area contributed by atoms with E-state index in [0.29, 0.717) is 6.42 Å². The first-order chi connectivity index (χ1) is 4.79. The summed E-state index contributed by atoms with van der Waals surface area (Å²) >= 11 is 0. The van der Waals surface area contributed by atoms with Crippen LogP contribution in [0.1, 0.15) is 19.3 Å². The number of aliphatic hydroxyl groups is 1. The Hall–Kier alpha value is -0.600. The number of nitrogens with two attached hydrogens (primary N) is 1. The summed E-state index contributed by atoms with van der Waals surface area (Å²) in [7, 11) is 0. The van der Waals surface area contributed by atoms with Gasteiger partial charge in [0.2, 0.25) is 0 Å². The van der Waals surface area contributed by atoms with Crippen molar-refractivity contribution in [2.24, 2.45) is 5.73 Å². The van der Waals surface area contributed by atoms with Gasteiger partial charge in [-0.05, 0) is 12.8 Å². The molecule has 1 atom stereocenters. The van der Waals surface area contributed by atoms with Crippen LogP contribution in [0.4, 0.5) is 0 Å². The molecule has 0 aromatic rings. The van der Waals surface area contributed by atoms with Crippen LogP contribution in [-0.4, -0.2) is 11.3 Å². The van der Waals surface area contributed by atoms with Crippen molar-refractivity contribution in [3.8, 4) is 0 Å². The molecule has 2 heteroatoms. The second-order valence-corrected chi connectivity index (χ2v) is 2.56. The summed E-state index contributed by atoms with van der Waals surface area (Å²) in [5.41, 5.74) is 6.46. The van der Waals surface area contributed by atoms with E-state index in [1.54, 1.807) is 0 Å². The van der Waals surface area contributed by atoms with Gasteiger partial charge in [0.25, 0.3) is 0 Å². The molecule has 3 N–H and O–H groups in total. The van der Waals surface area contributed by atoms with Crippen molar-refractivity contribution in [2.45, 2.75) is 25.5 Å². The molecule has 1 aliphatic carbocycles. The second kappa shape index (κ2) is 3.54. The lowest BCUT2D eigenvalue weighted by Crippen LogP contribution is -2.19. The minimum absolute atomic E-state index is 0.615. The summed E-state index contributed by atoms with van der Waals surface area (Å²) in [5.74, 6) is 0. The first-order valence-corrected chi connectivity index (χ1v) is 3.57. The lowest BCUT2D eigenvalue weighted by molar-refractivity contribution is 0.181. The molecule has 0 radical (unpaired) electrons. The van der Waals surface area contributed by atoms with E-state index in [0.717, 1.165) is 12.8 Å². The third-order valence-electron chi connectivity index (χ3n) is 1.57. The van der Waals surface area contributed by atoms with Gasteiger partial charge < -0.3 is 10.8 Å². The summed E-state index contributed by atoms with van der Waals surface area (Å²) in [6.07, 6.45) is 8.22. The highest BCUT2D eigenvalue weighted by molar-refractivity contribution is 5.17. The van der Waals surface area contributed by atoms with Gasteiger partial charge in [-0.15, -0.1) is 0 Å². The van der Waals surface area contributed by atoms with Crippen LogP contribution in [0.15, 0.2) is 23.8 Å². The van der Waals surface area contributed by atoms with E-state index in [2.05, 4.69) is 6.08 Å². The first-order valence-electron chi connectivity index (χ1n) is 3.57. The highest BCUT2D eigenvalue weighted by atomic mass is 16.3. The zero-order chi connectivity index (χ0) is 7.40. The fourth-order valence-corrected chi connectivity index (χ4v) is 1.09. The zero-order valence-corrected chi connectivity index (χ0v) is 5.96. The number of rotatable bonds is 2. The fourth-order valence-electron chi connectivity index (χ4n) is 1.09. The first kappa shape index (κ1) is 7.51. The average molecular weight is 139 g/mol. The quantitative estimate of drug-likeness (QED) is 0.559. The third kappa shape index (κ3) is 2.33. The molecule has 0 heterocycles. The van der Waals surface area contributed by atoms with Gasteiger partial charge >= 0.3 is 0 Å². The molecule has 2 nitrogen and oxygen atoms in total. The van der Waals surface area contributed by atoms with Crippen molar-refractivity contribution in [3.63, 3.8) is 0 Å². The highest BCUT2D eigenvalue weighted by Crippen LogP contribution is 2.15. The SMILES string of the molecule is NC(O)CC1=CC=CCC1. The molecular formula is C8H13NO. The molecule has 1 aliphatic rings. The third-order valence-corrected chi connectivity index (χ3v) is 1.57. The van der Waals surface area contributed by atoms with Crippen LogP contribution >= 0.6 is 0 Å². The molecular weight excluding hydrogens is 126 g/mol. The Morgan fingerprint density at radius 3 is 3.00 bits per heavy atom. The monoisotopic (exact) mass is 139 g/mol. The standard InChI is InChI=1S/C8H13NO/c9-8(10)6-7-4-2-1-3-5-7/h1-2,4,8,10H,3,5-6,9H2. The van der Waals surface area contributed by atoms with Crippen molar-refractivity contribution in [1.29, 1.82) is 0 Å².